The number of carbonyl (C=O) groups excluding carboxylic acids is 3. The van der Waals surface area contributed by atoms with Gasteiger partial charge in [-0.1, -0.05) is 48.2 Å². The van der Waals surface area contributed by atoms with E-state index in [1.54, 1.807) is 0 Å². The molecule has 2 amide bonds. The molecule has 7 heteroatoms. The number of thioether (sulfide) groups is 1. The van der Waals surface area contributed by atoms with Crippen molar-refractivity contribution in [2.24, 2.45) is 5.73 Å². The average molecular weight is 377 g/mol. The summed E-state index contributed by atoms with van der Waals surface area (Å²) in [4.78, 5) is 36.8. The predicted octanol–water partition coefficient (Wildman–Crippen LogP) is 2.32. The topological polar surface area (TPSA) is 89.3 Å². The van der Waals surface area contributed by atoms with Gasteiger partial charge >= 0.3 is 0 Å². The molecule has 0 aliphatic heterocycles. The van der Waals surface area contributed by atoms with Crippen LogP contribution in [0.5, 0.6) is 0 Å². The minimum absolute atomic E-state index is 0.0567. The molecule has 1 aromatic carbocycles. The first-order valence-electron chi connectivity index (χ1n) is 7.77. The Kier molecular flexibility index (Phi) is 7.21. The average Bonchev–Trinajstić information content (AvgIpc) is 3.08. The van der Waals surface area contributed by atoms with Gasteiger partial charge in [0.1, 0.15) is 6.04 Å². The Labute approximate surface area is 155 Å². The van der Waals surface area contributed by atoms with E-state index in [2.05, 4.69) is 5.32 Å². The number of carbonyl (C=O) groups is 3. The van der Waals surface area contributed by atoms with Crippen LogP contribution < -0.4 is 11.1 Å². The lowest BCUT2D eigenvalue weighted by molar-refractivity contribution is -0.127. The molecule has 0 radical (unpaired) electrons. The van der Waals surface area contributed by atoms with E-state index in [1.807, 2.05) is 47.8 Å². The smallest absolute Gasteiger partial charge is 0.240 e. The van der Waals surface area contributed by atoms with Gasteiger partial charge in [-0.05, 0) is 17.0 Å². The van der Waals surface area contributed by atoms with Crippen molar-refractivity contribution in [1.82, 2.24) is 5.32 Å². The molecule has 0 spiro atoms. The molecule has 1 heterocycles. The highest BCUT2D eigenvalue weighted by atomic mass is 32.2. The van der Waals surface area contributed by atoms with Crippen LogP contribution in [0.3, 0.4) is 0 Å². The Morgan fingerprint density at radius 3 is 2.44 bits per heavy atom. The number of nitrogens with two attached hydrogens (primary N) is 1. The number of benzene rings is 1. The maximum Gasteiger partial charge on any atom is 0.240 e. The molecule has 0 bridgehead atoms. The second-order valence-corrected chi connectivity index (χ2v) is 7.74. The van der Waals surface area contributed by atoms with Crippen molar-refractivity contribution in [3.05, 3.63) is 58.3 Å². The minimum atomic E-state index is -0.778. The summed E-state index contributed by atoms with van der Waals surface area (Å²) in [7, 11) is 0. The number of rotatable bonds is 8. The van der Waals surface area contributed by atoms with Gasteiger partial charge in [-0.3, -0.25) is 14.4 Å². The molecule has 3 N–H and O–H groups in total. The van der Waals surface area contributed by atoms with Crippen molar-refractivity contribution in [3.8, 4) is 0 Å². The van der Waals surface area contributed by atoms with Crippen LogP contribution in [-0.4, -0.2) is 28.7 Å². The maximum absolute atomic E-state index is 12.8. The zero-order valence-electron chi connectivity index (χ0n) is 13.8. The summed E-state index contributed by atoms with van der Waals surface area (Å²) in [5.74, 6) is -1.09. The van der Waals surface area contributed by atoms with Crippen LogP contribution in [0.25, 0.3) is 0 Å². The summed E-state index contributed by atoms with van der Waals surface area (Å²) in [5.41, 5.74) is 6.25. The molecule has 0 saturated heterocycles. The molecule has 5 nitrogen and oxygen atoms in total. The second-order valence-electron chi connectivity index (χ2n) is 5.51. The molecule has 132 valence electrons. The van der Waals surface area contributed by atoms with Gasteiger partial charge in [0.2, 0.25) is 11.8 Å². The number of thiophene rings is 1. The van der Waals surface area contributed by atoms with Gasteiger partial charge < -0.3 is 11.1 Å². The lowest BCUT2D eigenvalue weighted by atomic mass is 9.99. The largest absolute Gasteiger partial charge is 0.368 e. The first-order chi connectivity index (χ1) is 12.0. The number of nitrogens with one attached hydrogen (secondary N) is 1. The van der Waals surface area contributed by atoms with E-state index >= 15 is 0 Å². The van der Waals surface area contributed by atoms with Crippen LogP contribution in [0.2, 0.25) is 0 Å². The Balaban J connectivity index is 2.13. The van der Waals surface area contributed by atoms with Crippen LogP contribution in [-0.2, 0) is 20.8 Å². The molecule has 2 rings (SSSR count). The first kappa shape index (κ1) is 19.2. The van der Waals surface area contributed by atoms with Crippen molar-refractivity contribution in [3.63, 3.8) is 0 Å². The normalized spacial score (nSPS) is 13.0. The van der Waals surface area contributed by atoms with Crippen LogP contribution in [0.4, 0.5) is 0 Å². The third-order valence-electron chi connectivity index (χ3n) is 3.62. The highest BCUT2D eigenvalue weighted by molar-refractivity contribution is 8.13. The zero-order valence-corrected chi connectivity index (χ0v) is 15.4. The summed E-state index contributed by atoms with van der Waals surface area (Å²) < 4.78 is 0. The molecule has 0 aliphatic carbocycles. The molecule has 2 aromatic rings. The van der Waals surface area contributed by atoms with Crippen molar-refractivity contribution >= 4 is 40.0 Å². The van der Waals surface area contributed by atoms with E-state index in [0.717, 1.165) is 22.2 Å². The van der Waals surface area contributed by atoms with Gasteiger partial charge in [-0.15, -0.1) is 11.3 Å². The molecule has 0 aliphatic rings. The van der Waals surface area contributed by atoms with Gasteiger partial charge in [0, 0.05) is 24.0 Å². The van der Waals surface area contributed by atoms with Gasteiger partial charge in [0.25, 0.3) is 0 Å². The summed E-state index contributed by atoms with van der Waals surface area (Å²) in [5, 5.41) is 4.60. The standard InChI is InChI=1S/C18H20N2O3S2/c1-12(21)25-11-15(13-6-3-2-4-7-13)18(23)20-16(17(19)22)10-14-8-5-9-24-14/h2-9,15-16H,10-11H2,1H3,(H2,19,22)(H,20,23)/t15-,16-/m0/s1. The van der Waals surface area contributed by atoms with Gasteiger partial charge in [0.05, 0.1) is 5.92 Å². The third-order valence-corrected chi connectivity index (χ3v) is 5.42. The number of amides is 2. The molecular formula is C18H20N2O3S2. The highest BCUT2D eigenvalue weighted by Gasteiger charge is 2.26. The monoisotopic (exact) mass is 376 g/mol. The highest BCUT2D eigenvalue weighted by Crippen LogP contribution is 2.22. The van der Waals surface area contributed by atoms with E-state index in [1.165, 1.54) is 18.3 Å². The molecule has 2 atom stereocenters. The summed E-state index contributed by atoms with van der Waals surface area (Å²) >= 11 is 2.60. The molecule has 0 fully saturated rings. The number of hydrogen-bond donors (Lipinski definition) is 2. The predicted molar refractivity (Wildman–Crippen MR) is 101 cm³/mol. The molecule has 0 unspecified atom stereocenters. The third kappa shape index (κ3) is 6.03. The van der Waals surface area contributed by atoms with Crippen LogP contribution in [0.15, 0.2) is 47.8 Å². The van der Waals surface area contributed by atoms with Crippen LogP contribution in [0.1, 0.15) is 23.3 Å². The molecule has 0 saturated carbocycles. The van der Waals surface area contributed by atoms with E-state index < -0.39 is 17.9 Å². The molecular weight excluding hydrogens is 356 g/mol. The van der Waals surface area contributed by atoms with Gasteiger partial charge in [0.15, 0.2) is 5.12 Å². The zero-order chi connectivity index (χ0) is 18.2. The van der Waals surface area contributed by atoms with E-state index in [0.29, 0.717) is 12.2 Å². The van der Waals surface area contributed by atoms with Crippen molar-refractivity contribution in [2.45, 2.75) is 25.3 Å². The first-order valence-corrected chi connectivity index (χ1v) is 9.64. The molecule has 25 heavy (non-hydrogen) atoms. The lowest BCUT2D eigenvalue weighted by Gasteiger charge is -2.20. The quantitative estimate of drug-likeness (QED) is 0.740. The van der Waals surface area contributed by atoms with E-state index in [-0.39, 0.29) is 11.0 Å². The van der Waals surface area contributed by atoms with Crippen LogP contribution >= 0.6 is 23.1 Å². The second kappa shape index (κ2) is 9.39. The van der Waals surface area contributed by atoms with Crippen LogP contribution in [0, 0.1) is 0 Å². The van der Waals surface area contributed by atoms with Crippen molar-refractivity contribution in [2.75, 3.05) is 5.75 Å². The van der Waals surface area contributed by atoms with Gasteiger partial charge in [-0.2, -0.15) is 0 Å². The molecule has 1 aromatic heterocycles. The fraction of sp³-hybridized carbons (Fsp3) is 0.278. The Hall–Kier alpha value is -2.12. The van der Waals surface area contributed by atoms with Gasteiger partial charge in [-0.25, -0.2) is 0 Å². The van der Waals surface area contributed by atoms with Crippen molar-refractivity contribution < 1.29 is 14.4 Å². The lowest BCUT2D eigenvalue weighted by Crippen LogP contribution is -2.47. The summed E-state index contributed by atoms with van der Waals surface area (Å²) in [6, 6.07) is 12.2. The van der Waals surface area contributed by atoms with E-state index in [4.69, 9.17) is 5.73 Å². The summed E-state index contributed by atoms with van der Waals surface area (Å²) in [6.07, 6.45) is 0.361. The maximum atomic E-state index is 12.8. The summed E-state index contributed by atoms with van der Waals surface area (Å²) in [6.45, 7) is 1.47. The van der Waals surface area contributed by atoms with Crippen molar-refractivity contribution in [1.29, 1.82) is 0 Å². The Morgan fingerprint density at radius 2 is 1.88 bits per heavy atom. The minimum Gasteiger partial charge on any atom is -0.368 e. The SMILES string of the molecule is CC(=O)SC[C@H](C(=O)N[C@@H](Cc1cccs1)C(N)=O)c1ccccc1. The Morgan fingerprint density at radius 1 is 1.16 bits per heavy atom. The fourth-order valence-electron chi connectivity index (χ4n) is 2.33. The van der Waals surface area contributed by atoms with E-state index in [9.17, 15) is 14.4 Å². The fourth-order valence-corrected chi connectivity index (χ4v) is 3.83. The number of hydrogen-bond acceptors (Lipinski definition) is 5. The number of primary amides is 1. The Bertz CT molecular complexity index is 717.